The molecule has 1 heterocycles. The van der Waals surface area contributed by atoms with E-state index in [1.165, 1.54) is 4.90 Å². The molecule has 4 rings (SSSR count). The third-order valence-electron chi connectivity index (χ3n) is 4.38. The highest BCUT2D eigenvalue weighted by Crippen LogP contribution is 2.38. The molecule has 0 atom stereocenters. The van der Waals surface area contributed by atoms with Gasteiger partial charge in [0.2, 0.25) is 0 Å². The second kappa shape index (κ2) is 7.52. The maximum atomic E-state index is 13.0. The first-order valence-electron chi connectivity index (χ1n) is 9.06. The summed E-state index contributed by atoms with van der Waals surface area (Å²) in [6.45, 7) is 3.92. The van der Waals surface area contributed by atoms with Crippen LogP contribution in [-0.2, 0) is 4.79 Å². The molecule has 0 N–H and O–H groups in total. The van der Waals surface area contributed by atoms with Crippen LogP contribution >= 0.6 is 11.8 Å². The Hall–Kier alpha value is -3.05. The van der Waals surface area contributed by atoms with Gasteiger partial charge in [0.1, 0.15) is 5.75 Å². The maximum Gasteiger partial charge on any atom is 0.298 e. The van der Waals surface area contributed by atoms with Crippen molar-refractivity contribution in [2.75, 3.05) is 4.90 Å². The van der Waals surface area contributed by atoms with Crippen molar-refractivity contribution in [2.45, 2.75) is 20.0 Å². The van der Waals surface area contributed by atoms with Crippen LogP contribution in [0.25, 0.3) is 16.8 Å². The second-order valence-corrected chi connectivity index (χ2v) is 7.71. The topological polar surface area (TPSA) is 46.6 Å². The van der Waals surface area contributed by atoms with Crippen LogP contribution in [0, 0.1) is 0 Å². The smallest absolute Gasteiger partial charge is 0.298 e. The van der Waals surface area contributed by atoms with Crippen LogP contribution in [0.3, 0.4) is 0 Å². The highest BCUT2D eigenvalue weighted by atomic mass is 32.2. The number of anilines is 1. The van der Waals surface area contributed by atoms with E-state index in [1.54, 1.807) is 18.2 Å². The van der Waals surface area contributed by atoms with Gasteiger partial charge in [-0.05, 0) is 60.7 Å². The highest BCUT2D eigenvalue weighted by Gasteiger charge is 2.36. The number of ether oxygens (including phenoxy) is 1. The van der Waals surface area contributed by atoms with Crippen LogP contribution in [0.1, 0.15) is 19.4 Å². The molecule has 1 aliphatic rings. The number of para-hydroxylation sites is 1. The van der Waals surface area contributed by atoms with Gasteiger partial charge in [-0.25, -0.2) is 4.90 Å². The normalized spacial score (nSPS) is 15.8. The zero-order valence-electron chi connectivity index (χ0n) is 15.6. The second-order valence-electron chi connectivity index (χ2n) is 6.72. The quantitative estimate of drug-likeness (QED) is 0.524. The first-order chi connectivity index (χ1) is 13.5. The molecule has 5 heteroatoms. The zero-order valence-corrected chi connectivity index (χ0v) is 16.4. The lowest BCUT2D eigenvalue weighted by atomic mass is 10.0. The monoisotopic (exact) mass is 389 g/mol. The summed E-state index contributed by atoms with van der Waals surface area (Å²) in [5, 5.41) is 1.73. The molecule has 2 amide bonds. The summed E-state index contributed by atoms with van der Waals surface area (Å²) in [6, 6.07) is 20.8. The van der Waals surface area contributed by atoms with Gasteiger partial charge >= 0.3 is 0 Å². The van der Waals surface area contributed by atoms with E-state index in [2.05, 4.69) is 0 Å². The number of hydrogen-bond donors (Lipinski definition) is 0. The Balaban J connectivity index is 1.81. The fraction of sp³-hybridized carbons (Fsp3) is 0.130. The van der Waals surface area contributed by atoms with Crippen molar-refractivity contribution >= 4 is 45.4 Å². The van der Waals surface area contributed by atoms with Crippen LogP contribution in [0.2, 0.25) is 0 Å². The number of benzene rings is 3. The van der Waals surface area contributed by atoms with Crippen molar-refractivity contribution in [3.05, 3.63) is 77.2 Å². The number of carbonyl (C=O) groups is 2. The Morgan fingerprint density at radius 3 is 2.39 bits per heavy atom. The van der Waals surface area contributed by atoms with Crippen LogP contribution in [0.5, 0.6) is 5.75 Å². The van der Waals surface area contributed by atoms with E-state index in [4.69, 9.17) is 4.74 Å². The zero-order chi connectivity index (χ0) is 19.7. The van der Waals surface area contributed by atoms with Gasteiger partial charge in [0.25, 0.3) is 11.1 Å². The van der Waals surface area contributed by atoms with Gasteiger partial charge in [-0.1, -0.05) is 48.5 Å². The molecular formula is C23H19NO3S. The standard InChI is InChI=1S/C23H19NO3S/c1-15(2)27-20-13-12-16-8-6-7-11-18(16)19(20)14-21-22(25)24(23(26)28-21)17-9-4-3-5-10-17/h3-15H,1-2H3/b21-14+. The molecule has 0 saturated carbocycles. The molecule has 140 valence electrons. The molecule has 0 radical (unpaired) electrons. The Bertz CT molecular complexity index is 1090. The number of nitrogens with zero attached hydrogens (tertiary/aromatic N) is 1. The molecular weight excluding hydrogens is 370 g/mol. The van der Waals surface area contributed by atoms with Gasteiger partial charge in [-0.2, -0.15) is 0 Å². The average Bonchev–Trinajstić information content (AvgIpc) is 2.97. The van der Waals surface area contributed by atoms with E-state index in [-0.39, 0.29) is 17.3 Å². The Morgan fingerprint density at radius 1 is 0.929 bits per heavy atom. The number of thioether (sulfide) groups is 1. The largest absolute Gasteiger partial charge is 0.490 e. The summed E-state index contributed by atoms with van der Waals surface area (Å²) in [4.78, 5) is 27.1. The van der Waals surface area contributed by atoms with Crippen LogP contribution in [0.4, 0.5) is 10.5 Å². The SMILES string of the molecule is CC(C)Oc1ccc2ccccc2c1/C=C1/SC(=O)N(c2ccccc2)C1=O. The number of imide groups is 1. The lowest BCUT2D eigenvalue weighted by molar-refractivity contribution is -0.113. The van der Waals surface area contributed by atoms with Crippen molar-refractivity contribution in [1.82, 2.24) is 0 Å². The summed E-state index contributed by atoms with van der Waals surface area (Å²) >= 11 is 0.951. The minimum atomic E-state index is -0.315. The number of amides is 2. The molecule has 1 fully saturated rings. The molecule has 0 spiro atoms. The van der Waals surface area contributed by atoms with Gasteiger partial charge in [-0.15, -0.1) is 0 Å². The van der Waals surface area contributed by atoms with Gasteiger partial charge in [0.15, 0.2) is 0 Å². The molecule has 0 unspecified atom stereocenters. The van der Waals surface area contributed by atoms with E-state index in [0.717, 1.165) is 28.1 Å². The maximum absolute atomic E-state index is 13.0. The fourth-order valence-electron chi connectivity index (χ4n) is 3.18. The van der Waals surface area contributed by atoms with Crippen molar-refractivity contribution < 1.29 is 14.3 Å². The van der Waals surface area contributed by atoms with Gasteiger partial charge in [-0.3, -0.25) is 9.59 Å². The molecule has 0 bridgehead atoms. The van der Waals surface area contributed by atoms with Crippen molar-refractivity contribution in [2.24, 2.45) is 0 Å². The first kappa shape index (κ1) is 18.3. The lowest BCUT2D eigenvalue weighted by Crippen LogP contribution is -2.27. The van der Waals surface area contributed by atoms with E-state index < -0.39 is 0 Å². The predicted molar refractivity (Wildman–Crippen MR) is 115 cm³/mol. The van der Waals surface area contributed by atoms with Crippen LogP contribution < -0.4 is 9.64 Å². The summed E-state index contributed by atoms with van der Waals surface area (Å²) in [5.74, 6) is 0.379. The van der Waals surface area contributed by atoms with E-state index in [1.807, 2.05) is 68.4 Å². The van der Waals surface area contributed by atoms with Crippen molar-refractivity contribution in [1.29, 1.82) is 0 Å². The predicted octanol–water partition coefficient (Wildman–Crippen LogP) is 5.87. The molecule has 28 heavy (non-hydrogen) atoms. The summed E-state index contributed by atoms with van der Waals surface area (Å²) < 4.78 is 5.97. The van der Waals surface area contributed by atoms with Crippen molar-refractivity contribution in [3.63, 3.8) is 0 Å². The van der Waals surface area contributed by atoms with Crippen molar-refractivity contribution in [3.8, 4) is 5.75 Å². The Morgan fingerprint density at radius 2 is 1.64 bits per heavy atom. The van der Waals surface area contributed by atoms with E-state index in [9.17, 15) is 9.59 Å². The molecule has 3 aromatic rings. The molecule has 1 saturated heterocycles. The molecule has 0 aliphatic carbocycles. The number of hydrogen-bond acceptors (Lipinski definition) is 4. The van der Waals surface area contributed by atoms with Gasteiger partial charge in [0, 0.05) is 5.56 Å². The Labute approximate surface area is 167 Å². The first-order valence-corrected chi connectivity index (χ1v) is 9.87. The average molecular weight is 389 g/mol. The third-order valence-corrected chi connectivity index (χ3v) is 5.25. The van der Waals surface area contributed by atoms with Gasteiger partial charge < -0.3 is 4.74 Å². The van der Waals surface area contributed by atoms with Crippen LogP contribution in [0.15, 0.2) is 71.6 Å². The Kier molecular flexibility index (Phi) is 4.92. The fourth-order valence-corrected chi connectivity index (χ4v) is 4.00. The summed E-state index contributed by atoms with van der Waals surface area (Å²) in [7, 11) is 0. The lowest BCUT2D eigenvalue weighted by Gasteiger charge is -2.15. The minimum Gasteiger partial charge on any atom is -0.490 e. The molecule has 3 aromatic carbocycles. The number of carbonyl (C=O) groups excluding carboxylic acids is 2. The highest BCUT2D eigenvalue weighted by molar-refractivity contribution is 8.19. The molecule has 0 aromatic heterocycles. The number of rotatable bonds is 4. The van der Waals surface area contributed by atoms with Gasteiger partial charge in [0.05, 0.1) is 16.7 Å². The van der Waals surface area contributed by atoms with Crippen LogP contribution in [-0.4, -0.2) is 17.3 Å². The molecule has 1 aliphatic heterocycles. The summed E-state index contributed by atoms with van der Waals surface area (Å²) in [6.07, 6.45) is 1.76. The summed E-state index contributed by atoms with van der Waals surface area (Å²) in [5.41, 5.74) is 1.38. The minimum absolute atomic E-state index is 0.00676. The third kappa shape index (κ3) is 3.41. The molecule has 4 nitrogen and oxygen atoms in total. The van der Waals surface area contributed by atoms with E-state index in [0.29, 0.717) is 16.3 Å². The number of fused-ring (bicyclic) bond motifs is 1. The van der Waals surface area contributed by atoms with E-state index >= 15 is 0 Å².